The molecule has 0 aromatic carbocycles. The zero-order valence-corrected chi connectivity index (χ0v) is 13.9. The van der Waals surface area contributed by atoms with Crippen molar-refractivity contribution in [2.75, 3.05) is 26.3 Å². The summed E-state index contributed by atoms with van der Waals surface area (Å²) >= 11 is 0. The molecule has 0 radical (unpaired) electrons. The molecule has 3 rings (SSSR count). The SMILES string of the molecule is CC(C)c1ncc(C(=O)N2CCC3(CCOCC3)CC2)c(=O)[nH]1. The van der Waals surface area contributed by atoms with Crippen LogP contribution in [0.15, 0.2) is 11.0 Å². The average molecular weight is 319 g/mol. The van der Waals surface area contributed by atoms with Crippen LogP contribution in [0.2, 0.25) is 0 Å². The highest BCUT2D eigenvalue weighted by atomic mass is 16.5. The third-order valence-electron chi connectivity index (χ3n) is 5.26. The second kappa shape index (κ2) is 6.43. The molecule has 1 amide bonds. The summed E-state index contributed by atoms with van der Waals surface area (Å²) in [7, 11) is 0. The molecule has 2 aliphatic rings. The fourth-order valence-corrected chi connectivity index (χ4v) is 3.51. The first kappa shape index (κ1) is 16.2. The molecule has 6 heteroatoms. The monoisotopic (exact) mass is 319 g/mol. The fraction of sp³-hybridized carbons (Fsp3) is 0.706. The molecule has 0 aliphatic carbocycles. The summed E-state index contributed by atoms with van der Waals surface area (Å²) in [5.74, 6) is 0.553. The summed E-state index contributed by atoms with van der Waals surface area (Å²) in [4.78, 5) is 33.5. The van der Waals surface area contributed by atoms with Crippen LogP contribution in [0.3, 0.4) is 0 Å². The molecule has 1 aromatic rings. The quantitative estimate of drug-likeness (QED) is 0.904. The van der Waals surface area contributed by atoms with E-state index in [9.17, 15) is 9.59 Å². The molecule has 0 bridgehead atoms. The first-order chi connectivity index (χ1) is 11.0. The van der Waals surface area contributed by atoms with Gasteiger partial charge in [-0.2, -0.15) is 0 Å². The Balaban J connectivity index is 1.69. The van der Waals surface area contributed by atoms with Gasteiger partial charge in [0.2, 0.25) is 0 Å². The van der Waals surface area contributed by atoms with Crippen LogP contribution in [-0.4, -0.2) is 47.1 Å². The van der Waals surface area contributed by atoms with Crippen LogP contribution in [0.5, 0.6) is 0 Å². The van der Waals surface area contributed by atoms with Crippen molar-refractivity contribution in [3.63, 3.8) is 0 Å². The van der Waals surface area contributed by atoms with Crippen molar-refractivity contribution in [2.24, 2.45) is 5.41 Å². The van der Waals surface area contributed by atoms with E-state index in [-0.39, 0.29) is 22.9 Å². The summed E-state index contributed by atoms with van der Waals surface area (Å²) in [6.07, 6.45) is 5.59. The van der Waals surface area contributed by atoms with E-state index in [2.05, 4.69) is 9.97 Å². The van der Waals surface area contributed by atoms with E-state index in [0.29, 0.717) is 24.3 Å². The molecule has 23 heavy (non-hydrogen) atoms. The number of likely N-dealkylation sites (tertiary alicyclic amines) is 1. The van der Waals surface area contributed by atoms with Crippen LogP contribution in [0.1, 0.15) is 61.6 Å². The minimum atomic E-state index is -0.333. The lowest BCUT2D eigenvalue weighted by Gasteiger charge is -2.44. The van der Waals surface area contributed by atoms with Crippen molar-refractivity contribution in [3.05, 3.63) is 27.9 Å². The van der Waals surface area contributed by atoms with Crippen molar-refractivity contribution >= 4 is 5.91 Å². The second-order valence-electron chi connectivity index (χ2n) is 7.07. The van der Waals surface area contributed by atoms with Crippen molar-refractivity contribution < 1.29 is 9.53 Å². The van der Waals surface area contributed by atoms with Crippen molar-refractivity contribution in [3.8, 4) is 0 Å². The number of ether oxygens (including phenoxy) is 1. The number of H-pyrrole nitrogens is 1. The van der Waals surface area contributed by atoms with Gasteiger partial charge in [-0.3, -0.25) is 9.59 Å². The predicted octanol–water partition coefficient (Wildman–Crippen LogP) is 1.93. The highest BCUT2D eigenvalue weighted by Gasteiger charge is 2.37. The Morgan fingerprint density at radius 3 is 2.48 bits per heavy atom. The maximum Gasteiger partial charge on any atom is 0.263 e. The molecule has 126 valence electrons. The summed E-state index contributed by atoms with van der Waals surface area (Å²) in [6, 6.07) is 0. The second-order valence-corrected chi connectivity index (χ2v) is 7.07. The standard InChI is InChI=1S/C17H25N3O3/c1-12(2)14-18-11-13(15(21)19-14)16(22)20-7-3-17(4-8-20)5-9-23-10-6-17/h11-12H,3-10H2,1-2H3,(H,18,19,21). The Hall–Kier alpha value is -1.69. The van der Waals surface area contributed by atoms with E-state index < -0.39 is 0 Å². The van der Waals surface area contributed by atoms with Crippen LogP contribution < -0.4 is 5.56 Å². The zero-order valence-electron chi connectivity index (χ0n) is 13.9. The first-order valence-corrected chi connectivity index (χ1v) is 8.47. The first-order valence-electron chi connectivity index (χ1n) is 8.47. The Labute approximate surface area is 136 Å². The van der Waals surface area contributed by atoms with Crippen LogP contribution in [0, 0.1) is 5.41 Å². The van der Waals surface area contributed by atoms with Gasteiger partial charge in [0.1, 0.15) is 11.4 Å². The number of rotatable bonds is 2. The van der Waals surface area contributed by atoms with Crippen LogP contribution >= 0.6 is 0 Å². The Morgan fingerprint density at radius 1 is 1.26 bits per heavy atom. The minimum Gasteiger partial charge on any atom is -0.381 e. The molecule has 1 aromatic heterocycles. The number of nitrogens with zero attached hydrogens (tertiary/aromatic N) is 2. The average Bonchev–Trinajstić information content (AvgIpc) is 2.55. The molecular weight excluding hydrogens is 294 g/mol. The van der Waals surface area contributed by atoms with E-state index in [4.69, 9.17) is 4.74 Å². The number of amides is 1. The lowest BCUT2D eigenvalue weighted by molar-refractivity contribution is -0.0175. The van der Waals surface area contributed by atoms with Gasteiger partial charge >= 0.3 is 0 Å². The van der Waals surface area contributed by atoms with E-state index in [1.54, 1.807) is 4.90 Å². The predicted molar refractivity (Wildman–Crippen MR) is 86.6 cm³/mol. The maximum atomic E-state index is 12.6. The normalized spacial score (nSPS) is 20.9. The fourth-order valence-electron chi connectivity index (χ4n) is 3.51. The van der Waals surface area contributed by atoms with Crippen LogP contribution in [0.25, 0.3) is 0 Å². The minimum absolute atomic E-state index is 0.134. The molecule has 2 fully saturated rings. The van der Waals surface area contributed by atoms with Gasteiger partial charge in [-0.1, -0.05) is 13.8 Å². The molecule has 1 N–H and O–H groups in total. The number of hydrogen-bond acceptors (Lipinski definition) is 4. The van der Waals surface area contributed by atoms with Crippen molar-refractivity contribution in [2.45, 2.75) is 45.4 Å². The molecular formula is C17H25N3O3. The third-order valence-corrected chi connectivity index (χ3v) is 5.26. The van der Waals surface area contributed by atoms with Gasteiger partial charge in [0, 0.05) is 38.4 Å². The summed E-state index contributed by atoms with van der Waals surface area (Å²) < 4.78 is 5.45. The summed E-state index contributed by atoms with van der Waals surface area (Å²) in [5, 5.41) is 0. The van der Waals surface area contributed by atoms with E-state index in [1.165, 1.54) is 6.20 Å². The molecule has 3 heterocycles. The van der Waals surface area contributed by atoms with Crippen LogP contribution in [-0.2, 0) is 4.74 Å². The van der Waals surface area contributed by atoms with Crippen molar-refractivity contribution in [1.82, 2.24) is 14.9 Å². The number of aromatic nitrogens is 2. The van der Waals surface area contributed by atoms with E-state index >= 15 is 0 Å². The molecule has 0 unspecified atom stereocenters. The van der Waals surface area contributed by atoms with Gasteiger partial charge < -0.3 is 14.6 Å². The van der Waals surface area contributed by atoms with Gasteiger partial charge in [0.15, 0.2) is 0 Å². The Bertz CT molecular complexity index is 622. The summed E-state index contributed by atoms with van der Waals surface area (Å²) in [5.41, 5.74) is 0.152. The van der Waals surface area contributed by atoms with Gasteiger partial charge in [-0.15, -0.1) is 0 Å². The molecule has 2 saturated heterocycles. The van der Waals surface area contributed by atoms with Gasteiger partial charge in [-0.25, -0.2) is 4.98 Å². The largest absolute Gasteiger partial charge is 0.381 e. The number of piperidine rings is 1. The Kier molecular flexibility index (Phi) is 4.53. The molecule has 2 aliphatic heterocycles. The number of carbonyl (C=O) groups excluding carboxylic acids is 1. The van der Waals surface area contributed by atoms with Crippen molar-refractivity contribution in [1.29, 1.82) is 0 Å². The topological polar surface area (TPSA) is 75.3 Å². The number of aromatic amines is 1. The molecule has 1 spiro atoms. The van der Waals surface area contributed by atoms with Crippen LogP contribution in [0.4, 0.5) is 0 Å². The molecule has 0 saturated carbocycles. The lowest BCUT2D eigenvalue weighted by Crippen LogP contribution is -2.46. The Morgan fingerprint density at radius 2 is 1.91 bits per heavy atom. The molecule has 0 atom stereocenters. The lowest BCUT2D eigenvalue weighted by atomic mass is 9.72. The zero-order chi connectivity index (χ0) is 16.4. The highest BCUT2D eigenvalue weighted by molar-refractivity contribution is 5.93. The van der Waals surface area contributed by atoms with E-state index in [0.717, 1.165) is 38.9 Å². The highest BCUT2D eigenvalue weighted by Crippen LogP contribution is 2.40. The third kappa shape index (κ3) is 3.32. The van der Waals surface area contributed by atoms with Gasteiger partial charge in [0.25, 0.3) is 11.5 Å². The summed E-state index contributed by atoms with van der Waals surface area (Å²) in [6.45, 7) is 6.99. The number of nitrogens with one attached hydrogen (secondary N) is 1. The number of carbonyl (C=O) groups is 1. The van der Waals surface area contributed by atoms with Gasteiger partial charge in [-0.05, 0) is 31.1 Å². The van der Waals surface area contributed by atoms with Gasteiger partial charge in [0.05, 0.1) is 0 Å². The smallest absolute Gasteiger partial charge is 0.263 e. The molecule has 6 nitrogen and oxygen atoms in total. The number of hydrogen-bond donors (Lipinski definition) is 1. The maximum absolute atomic E-state index is 12.6. The van der Waals surface area contributed by atoms with E-state index in [1.807, 2.05) is 13.8 Å².